The molecule has 0 aromatic carbocycles. The summed E-state index contributed by atoms with van der Waals surface area (Å²) in [6, 6.07) is 5.98. The van der Waals surface area contributed by atoms with E-state index in [2.05, 4.69) is 30.9 Å². The number of thiocarbonyl (C=S) groups is 1. The zero-order chi connectivity index (χ0) is 19.1. The maximum absolute atomic E-state index is 5.61. The molecule has 1 atom stereocenters. The number of aromatic nitrogens is 2. The number of nitrogens with one attached hydrogen (secondary N) is 3. The van der Waals surface area contributed by atoms with Crippen LogP contribution >= 0.6 is 23.6 Å². The molecule has 1 aliphatic heterocycles. The van der Waals surface area contributed by atoms with E-state index >= 15 is 0 Å². The molecule has 1 fully saturated rings. The molecular formula is C18H24N6OS2. The van der Waals surface area contributed by atoms with Crippen molar-refractivity contribution in [2.75, 3.05) is 18.5 Å². The van der Waals surface area contributed by atoms with Gasteiger partial charge in [0.25, 0.3) is 0 Å². The van der Waals surface area contributed by atoms with Crippen molar-refractivity contribution in [3.8, 4) is 0 Å². The lowest BCUT2D eigenvalue weighted by Crippen LogP contribution is -2.45. The third-order valence-corrected chi connectivity index (χ3v) is 5.04. The number of aliphatic imine (C=N–C) groups is 1. The molecule has 0 saturated carbocycles. The van der Waals surface area contributed by atoms with Gasteiger partial charge in [-0.05, 0) is 56.4 Å². The van der Waals surface area contributed by atoms with E-state index in [-0.39, 0.29) is 6.10 Å². The third kappa shape index (κ3) is 6.53. The van der Waals surface area contributed by atoms with Gasteiger partial charge >= 0.3 is 0 Å². The molecule has 3 N–H and O–H groups in total. The van der Waals surface area contributed by atoms with Crippen molar-refractivity contribution in [2.45, 2.75) is 39.3 Å². The first-order valence-corrected chi connectivity index (χ1v) is 10.2. The normalized spacial score (nSPS) is 17.0. The fourth-order valence-corrected chi connectivity index (χ4v) is 3.53. The van der Waals surface area contributed by atoms with Crippen molar-refractivity contribution in [1.29, 1.82) is 0 Å². The average molecular weight is 405 g/mol. The van der Waals surface area contributed by atoms with Crippen LogP contribution in [0.25, 0.3) is 0 Å². The van der Waals surface area contributed by atoms with Crippen LogP contribution < -0.4 is 16.0 Å². The number of thiophene rings is 1. The largest absolute Gasteiger partial charge is 0.376 e. The monoisotopic (exact) mass is 404 g/mol. The highest BCUT2D eigenvalue weighted by Gasteiger charge is 2.15. The van der Waals surface area contributed by atoms with Crippen molar-refractivity contribution in [3.05, 3.63) is 39.8 Å². The second-order valence-electron chi connectivity index (χ2n) is 6.31. The van der Waals surface area contributed by atoms with Crippen molar-refractivity contribution >= 4 is 40.6 Å². The Balaban J connectivity index is 1.64. The summed E-state index contributed by atoms with van der Waals surface area (Å²) in [6.07, 6.45) is 2.38. The zero-order valence-electron chi connectivity index (χ0n) is 15.5. The van der Waals surface area contributed by atoms with E-state index in [4.69, 9.17) is 17.0 Å². The number of hydrogen-bond acceptors (Lipinski definition) is 6. The minimum absolute atomic E-state index is 0.215. The van der Waals surface area contributed by atoms with Crippen LogP contribution in [0.1, 0.15) is 29.1 Å². The molecule has 0 radical (unpaired) electrons. The van der Waals surface area contributed by atoms with Crippen LogP contribution in [0.2, 0.25) is 0 Å². The Hall–Kier alpha value is -2.10. The Morgan fingerprint density at radius 2 is 2.19 bits per heavy atom. The van der Waals surface area contributed by atoms with Gasteiger partial charge in [0.15, 0.2) is 5.11 Å². The molecule has 0 spiro atoms. The summed E-state index contributed by atoms with van der Waals surface area (Å²) >= 11 is 7.07. The lowest BCUT2D eigenvalue weighted by atomic mass is 10.2. The first kappa shape index (κ1) is 19.7. The second-order valence-corrected chi connectivity index (χ2v) is 7.75. The third-order valence-electron chi connectivity index (χ3n) is 3.93. The molecule has 3 rings (SSSR count). The number of rotatable bonds is 5. The van der Waals surface area contributed by atoms with Crippen molar-refractivity contribution in [1.82, 2.24) is 20.6 Å². The molecule has 1 saturated heterocycles. The van der Waals surface area contributed by atoms with E-state index in [0.29, 0.717) is 30.1 Å². The van der Waals surface area contributed by atoms with Crippen LogP contribution in [-0.4, -0.2) is 40.3 Å². The van der Waals surface area contributed by atoms with Gasteiger partial charge in [-0.15, -0.1) is 11.3 Å². The summed E-state index contributed by atoms with van der Waals surface area (Å²) in [5, 5.41) is 12.0. The molecule has 144 valence electrons. The highest BCUT2D eigenvalue weighted by Crippen LogP contribution is 2.11. The maximum Gasteiger partial charge on any atom is 0.229 e. The summed E-state index contributed by atoms with van der Waals surface area (Å²) < 4.78 is 5.61. The van der Waals surface area contributed by atoms with Crippen molar-refractivity contribution in [3.63, 3.8) is 0 Å². The molecule has 27 heavy (non-hydrogen) atoms. The van der Waals surface area contributed by atoms with E-state index in [1.807, 2.05) is 37.4 Å². The Morgan fingerprint density at radius 1 is 1.37 bits per heavy atom. The minimum atomic E-state index is 0.215. The predicted molar refractivity (Wildman–Crippen MR) is 113 cm³/mol. The van der Waals surface area contributed by atoms with Gasteiger partial charge in [0.1, 0.15) is 0 Å². The Bertz CT molecular complexity index is 767. The topological polar surface area (TPSA) is 83.5 Å². The van der Waals surface area contributed by atoms with Crippen LogP contribution in [0.4, 0.5) is 5.95 Å². The second kappa shape index (κ2) is 9.72. The van der Waals surface area contributed by atoms with Crippen LogP contribution in [0.3, 0.4) is 0 Å². The molecule has 2 aromatic heterocycles. The molecule has 1 aliphatic rings. The van der Waals surface area contributed by atoms with Crippen LogP contribution in [0.15, 0.2) is 28.6 Å². The van der Waals surface area contributed by atoms with Gasteiger partial charge in [0, 0.05) is 29.4 Å². The molecule has 0 amide bonds. The van der Waals surface area contributed by atoms with Crippen molar-refractivity contribution < 1.29 is 4.74 Å². The Labute approximate surface area is 168 Å². The van der Waals surface area contributed by atoms with Gasteiger partial charge in [-0.3, -0.25) is 5.32 Å². The van der Waals surface area contributed by atoms with Gasteiger partial charge in [-0.2, -0.15) is 0 Å². The summed E-state index contributed by atoms with van der Waals surface area (Å²) in [7, 11) is 0. The number of ether oxygens (including phenoxy) is 1. The molecular weight excluding hydrogens is 380 g/mol. The van der Waals surface area contributed by atoms with Gasteiger partial charge in [0.05, 0.1) is 12.6 Å². The van der Waals surface area contributed by atoms with Gasteiger partial charge in [0.2, 0.25) is 11.9 Å². The molecule has 9 heteroatoms. The van der Waals surface area contributed by atoms with Gasteiger partial charge in [-0.1, -0.05) is 6.07 Å². The minimum Gasteiger partial charge on any atom is -0.376 e. The maximum atomic E-state index is 5.61. The first-order valence-electron chi connectivity index (χ1n) is 8.91. The molecule has 0 aliphatic carbocycles. The molecule has 2 aromatic rings. The summed E-state index contributed by atoms with van der Waals surface area (Å²) in [5.74, 6) is 1.00. The summed E-state index contributed by atoms with van der Waals surface area (Å²) in [4.78, 5) is 14.6. The quantitative estimate of drug-likeness (QED) is 0.401. The van der Waals surface area contributed by atoms with E-state index < -0.39 is 0 Å². The molecule has 0 bridgehead atoms. The lowest BCUT2D eigenvalue weighted by Gasteiger charge is -2.16. The number of nitrogens with zero attached hydrogens (tertiary/aromatic N) is 3. The van der Waals surface area contributed by atoms with E-state index in [1.165, 1.54) is 0 Å². The summed E-state index contributed by atoms with van der Waals surface area (Å²) in [6.45, 7) is 5.93. The van der Waals surface area contributed by atoms with Crippen molar-refractivity contribution in [2.24, 2.45) is 4.99 Å². The van der Waals surface area contributed by atoms with E-state index in [1.54, 1.807) is 11.3 Å². The fourth-order valence-electron chi connectivity index (χ4n) is 2.72. The highest BCUT2D eigenvalue weighted by atomic mass is 32.1. The highest BCUT2D eigenvalue weighted by molar-refractivity contribution is 7.80. The molecule has 3 heterocycles. The van der Waals surface area contributed by atoms with E-state index in [0.717, 1.165) is 35.7 Å². The average Bonchev–Trinajstić information content (AvgIpc) is 3.31. The van der Waals surface area contributed by atoms with Gasteiger partial charge < -0.3 is 15.4 Å². The SMILES string of the molecule is Cc1cc(C)nc(NC(=NCc2cccs2)NC(=S)NCC2CCCO2)n1. The van der Waals surface area contributed by atoms with Crippen LogP contribution in [0, 0.1) is 13.8 Å². The molecule has 1 unspecified atom stereocenters. The van der Waals surface area contributed by atoms with E-state index in [9.17, 15) is 0 Å². The lowest BCUT2D eigenvalue weighted by molar-refractivity contribution is 0.114. The number of guanidine groups is 1. The summed E-state index contributed by atoms with van der Waals surface area (Å²) in [5.41, 5.74) is 1.78. The predicted octanol–water partition coefficient (Wildman–Crippen LogP) is 2.77. The number of anilines is 1. The van der Waals surface area contributed by atoms with Gasteiger partial charge in [-0.25, -0.2) is 15.0 Å². The first-order chi connectivity index (χ1) is 13.1. The Kier molecular flexibility index (Phi) is 7.08. The fraction of sp³-hybridized carbons (Fsp3) is 0.444. The number of aryl methyl sites for hydroxylation is 2. The Morgan fingerprint density at radius 3 is 2.85 bits per heavy atom. The molecule has 7 nitrogen and oxygen atoms in total. The van der Waals surface area contributed by atoms with Crippen LogP contribution in [-0.2, 0) is 11.3 Å². The zero-order valence-corrected chi connectivity index (χ0v) is 17.1. The number of hydrogen-bond donors (Lipinski definition) is 3. The smallest absolute Gasteiger partial charge is 0.229 e. The van der Waals surface area contributed by atoms with Crippen LogP contribution in [0.5, 0.6) is 0 Å². The standard InChI is InChI=1S/C18H24N6OS2/c1-12-9-13(2)22-17(21-12)23-16(19-11-15-6-4-8-27-15)24-18(26)20-10-14-5-3-7-25-14/h4,6,8-9,14H,3,5,7,10-11H2,1-2H3,(H3,19,20,21,22,23,24,26).